The fraction of sp³-hybridized carbons (Fsp3) is 0.0435. The Bertz CT molecular complexity index is 1210. The average molecular weight is 307 g/mol. The Kier molecular flexibility index (Phi) is 2.77. The highest BCUT2D eigenvalue weighted by atomic mass is 15.0. The van der Waals surface area contributed by atoms with Crippen molar-refractivity contribution in [3.8, 4) is 5.69 Å². The van der Waals surface area contributed by atoms with E-state index in [1.807, 2.05) is 0 Å². The Morgan fingerprint density at radius 2 is 1.33 bits per heavy atom. The van der Waals surface area contributed by atoms with Crippen molar-refractivity contribution < 1.29 is 0 Å². The molecule has 5 rings (SSSR count). The summed E-state index contributed by atoms with van der Waals surface area (Å²) in [4.78, 5) is 0. The maximum Gasteiger partial charge on any atom is 0.0541 e. The fourth-order valence-electron chi connectivity index (χ4n) is 3.68. The molecule has 1 heteroatoms. The van der Waals surface area contributed by atoms with Crippen LogP contribution in [0.4, 0.5) is 0 Å². The number of hydrogen-bond donors (Lipinski definition) is 0. The molecule has 0 aliphatic heterocycles. The normalized spacial score (nSPS) is 11.5. The quantitative estimate of drug-likeness (QED) is 0.345. The molecule has 0 aliphatic carbocycles. The van der Waals surface area contributed by atoms with E-state index in [0.717, 1.165) is 0 Å². The van der Waals surface area contributed by atoms with Crippen molar-refractivity contribution >= 4 is 32.6 Å². The number of benzene rings is 4. The third kappa shape index (κ3) is 1.88. The Morgan fingerprint density at radius 1 is 0.583 bits per heavy atom. The van der Waals surface area contributed by atoms with Gasteiger partial charge in [-0.15, -0.1) is 0 Å². The number of nitrogens with zero attached hydrogens (tertiary/aromatic N) is 1. The van der Waals surface area contributed by atoms with E-state index in [1.165, 1.54) is 43.8 Å². The van der Waals surface area contributed by atoms with Crippen LogP contribution in [-0.4, -0.2) is 4.57 Å². The monoisotopic (exact) mass is 307 g/mol. The summed E-state index contributed by atoms with van der Waals surface area (Å²) in [6, 6.07) is 30.6. The lowest BCUT2D eigenvalue weighted by Gasteiger charge is -2.09. The van der Waals surface area contributed by atoms with Crippen molar-refractivity contribution in [2.75, 3.05) is 0 Å². The van der Waals surface area contributed by atoms with E-state index in [1.54, 1.807) is 0 Å². The van der Waals surface area contributed by atoms with Gasteiger partial charge in [0, 0.05) is 16.5 Å². The predicted molar refractivity (Wildman–Crippen MR) is 103 cm³/mol. The van der Waals surface area contributed by atoms with Crippen LogP contribution in [0.2, 0.25) is 0 Å². The lowest BCUT2D eigenvalue weighted by Crippen LogP contribution is -1.93. The largest absolute Gasteiger partial charge is 0.309 e. The molecule has 0 amide bonds. The molecule has 0 atom stereocenters. The van der Waals surface area contributed by atoms with Crippen LogP contribution in [0.15, 0.2) is 84.9 Å². The van der Waals surface area contributed by atoms with E-state index in [9.17, 15) is 0 Å². The number of fused-ring (bicyclic) bond motifs is 4. The zero-order valence-corrected chi connectivity index (χ0v) is 13.5. The Hall–Kier alpha value is -3.06. The van der Waals surface area contributed by atoms with Crippen molar-refractivity contribution in [2.45, 2.75) is 6.92 Å². The summed E-state index contributed by atoms with van der Waals surface area (Å²) in [6.45, 7) is 2.15. The van der Waals surface area contributed by atoms with Gasteiger partial charge in [-0.1, -0.05) is 60.2 Å². The summed E-state index contributed by atoms with van der Waals surface area (Å²) >= 11 is 0. The first-order chi connectivity index (χ1) is 11.8. The van der Waals surface area contributed by atoms with E-state index in [4.69, 9.17) is 0 Å². The number of rotatable bonds is 1. The van der Waals surface area contributed by atoms with Gasteiger partial charge in [-0.2, -0.15) is 0 Å². The number of aromatic nitrogens is 1. The van der Waals surface area contributed by atoms with Gasteiger partial charge in [0.15, 0.2) is 0 Å². The lowest BCUT2D eigenvalue weighted by atomic mass is 10.1. The first-order valence-corrected chi connectivity index (χ1v) is 8.30. The second-order valence-corrected chi connectivity index (χ2v) is 6.40. The summed E-state index contributed by atoms with van der Waals surface area (Å²) in [5.41, 5.74) is 5.03. The van der Waals surface area contributed by atoms with E-state index >= 15 is 0 Å². The molecule has 24 heavy (non-hydrogen) atoms. The molecule has 114 valence electrons. The molecule has 0 bridgehead atoms. The summed E-state index contributed by atoms with van der Waals surface area (Å²) in [6.07, 6.45) is 0. The van der Waals surface area contributed by atoms with Crippen molar-refractivity contribution in [3.63, 3.8) is 0 Å². The smallest absolute Gasteiger partial charge is 0.0541 e. The summed E-state index contributed by atoms with van der Waals surface area (Å²) in [5, 5.41) is 5.18. The van der Waals surface area contributed by atoms with Gasteiger partial charge in [-0.25, -0.2) is 0 Å². The maximum absolute atomic E-state index is 2.37. The van der Waals surface area contributed by atoms with Gasteiger partial charge in [0.1, 0.15) is 0 Å². The van der Waals surface area contributed by atoms with E-state index < -0.39 is 0 Å². The van der Waals surface area contributed by atoms with Crippen LogP contribution in [0.25, 0.3) is 38.3 Å². The second-order valence-electron chi connectivity index (χ2n) is 6.40. The molecule has 0 fully saturated rings. The predicted octanol–water partition coefficient (Wildman–Crippen LogP) is 6.25. The highest BCUT2D eigenvalue weighted by Crippen LogP contribution is 2.33. The number of hydrogen-bond acceptors (Lipinski definition) is 0. The minimum atomic E-state index is 1.21. The molecule has 5 aromatic rings. The molecule has 1 aromatic heterocycles. The zero-order valence-electron chi connectivity index (χ0n) is 13.5. The second kappa shape index (κ2) is 4.97. The molecule has 1 heterocycles. The first kappa shape index (κ1) is 13.4. The molecule has 0 spiro atoms. The van der Waals surface area contributed by atoms with E-state index in [-0.39, 0.29) is 0 Å². The Balaban J connectivity index is 1.92. The number of para-hydroxylation sites is 1. The van der Waals surface area contributed by atoms with Crippen molar-refractivity contribution in [3.05, 3.63) is 90.5 Å². The van der Waals surface area contributed by atoms with Crippen molar-refractivity contribution in [1.29, 1.82) is 0 Å². The molecule has 1 nitrogen and oxygen atoms in total. The van der Waals surface area contributed by atoms with Crippen molar-refractivity contribution in [1.82, 2.24) is 4.57 Å². The molecular formula is C23H17N. The zero-order chi connectivity index (χ0) is 16.1. The summed E-state index contributed by atoms with van der Waals surface area (Å²) < 4.78 is 2.37. The third-order valence-electron chi connectivity index (χ3n) is 4.82. The van der Waals surface area contributed by atoms with Crippen LogP contribution in [0.3, 0.4) is 0 Å². The van der Waals surface area contributed by atoms with Crippen molar-refractivity contribution in [2.24, 2.45) is 0 Å². The summed E-state index contributed by atoms with van der Waals surface area (Å²) in [5.74, 6) is 0. The minimum absolute atomic E-state index is 1.21. The van der Waals surface area contributed by atoms with Gasteiger partial charge < -0.3 is 4.57 Å². The van der Waals surface area contributed by atoms with Gasteiger partial charge >= 0.3 is 0 Å². The number of aryl methyl sites for hydroxylation is 1. The van der Waals surface area contributed by atoms with E-state index in [2.05, 4.69) is 96.4 Å². The molecule has 0 N–H and O–H groups in total. The molecule has 0 unspecified atom stereocenters. The van der Waals surface area contributed by atoms with Gasteiger partial charge in [0.2, 0.25) is 0 Å². The van der Waals surface area contributed by atoms with Gasteiger partial charge in [-0.3, -0.25) is 0 Å². The molecule has 0 saturated heterocycles. The van der Waals surface area contributed by atoms with Gasteiger partial charge in [-0.05, 0) is 48.0 Å². The molecule has 4 aromatic carbocycles. The average Bonchev–Trinajstić information content (AvgIpc) is 2.95. The SMILES string of the molecule is Cc1ccc2c(c1)c1ccccc1n2-c1ccc2ccccc2c1. The van der Waals surface area contributed by atoms with Crippen LogP contribution in [-0.2, 0) is 0 Å². The molecular weight excluding hydrogens is 290 g/mol. The van der Waals surface area contributed by atoms with Crippen LogP contribution < -0.4 is 0 Å². The van der Waals surface area contributed by atoms with Crippen LogP contribution in [0.5, 0.6) is 0 Å². The standard InChI is InChI=1S/C23H17N/c1-16-10-13-23-21(14-16)20-8-4-5-9-22(20)24(23)19-12-11-17-6-2-3-7-18(17)15-19/h2-15H,1H3. The minimum Gasteiger partial charge on any atom is -0.309 e. The van der Waals surface area contributed by atoms with E-state index in [0.29, 0.717) is 0 Å². The van der Waals surface area contributed by atoms with Crippen LogP contribution in [0, 0.1) is 6.92 Å². The highest BCUT2D eigenvalue weighted by Gasteiger charge is 2.12. The Labute approximate surface area is 140 Å². The molecule has 0 radical (unpaired) electrons. The van der Waals surface area contributed by atoms with Gasteiger partial charge in [0.05, 0.1) is 11.0 Å². The molecule has 0 saturated carbocycles. The third-order valence-corrected chi connectivity index (χ3v) is 4.82. The summed E-state index contributed by atoms with van der Waals surface area (Å²) in [7, 11) is 0. The van der Waals surface area contributed by atoms with Crippen LogP contribution in [0.1, 0.15) is 5.56 Å². The maximum atomic E-state index is 2.37. The Morgan fingerprint density at radius 3 is 2.25 bits per heavy atom. The topological polar surface area (TPSA) is 4.93 Å². The molecule has 0 aliphatic rings. The van der Waals surface area contributed by atoms with Gasteiger partial charge in [0.25, 0.3) is 0 Å². The lowest BCUT2D eigenvalue weighted by molar-refractivity contribution is 1.18. The van der Waals surface area contributed by atoms with Crippen LogP contribution >= 0.6 is 0 Å². The first-order valence-electron chi connectivity index (χ1n) is 8.30. The highest BCUT2D eigenvalue weighted by molar-refractivity contribution is 6.09. The fourth-order valence-corrected chi connectivity index (χ4v) is 3.68.